The summed E-state index contributed by atoms with van der Waals surface area (Å²) in [6.45, 7) is 0. The number of hydrogen-bond acceptors (Lipinski definition) is 5. The molecule has 0 aliphatic rings. The van der Waals surface area contributed by atoms with Crippen LogP contribution in [0, 0.1) is 11.3 Å². The number of hydrogen-bond donors (Lipinski definition) is 0. The molecule has 4 nitrogen and oxygen atoms in total. The summed E-state index contributed by atoms with van der Waals surface area (Å²) in [6.07, 6.45) is 1.77. The average Bonchev–Trinajstić information content (AvgIpc) is 3.16. The highest BCUT2D eigenvalue weighted by molar-refractivity contribution is 7.11. The quantitative estimate of drug-likeness (QED) is 0.616. The standard InChI is InChI=1S/C20H16N2O2S/c1-23-17-8-9-19(24-2)15(11-17)10-16(12-21)20-22-18(13-25-20)14-6-4-3-5-7-14/h3-11,13H,1-2H3. The van der Waals surface area contributed by atoms with Crippen molar-refractivity contribution in [1.82, 2.24) is 4.98 Å². The highest BCUT2D eigenvalue weighted by Gasteiger charge is 2.11. The van der Waals surface area contributed by atoms with Crippen LogP contribution in [-0.4, -0.2) is 19.2 Å². The van der Waals surface area contributed by atoms with Gasteiger partial charge < -0.3 is 9.47 Å². The molecule has 2 aromatic carbocycles. The van der Waals surface area contributed by atoms with Crippen LogP contribution >= 0.6 is 11.3 Å². The van der Waals surface area contributed by atoms with Gasteiger partial charge in [0.25, 0.3) is 0 Å². The molecule has 0 bridgehead atoms. The van der Waals surface area contributed by atoms with Crippen LogP contribution in [0.15, 0.2) is 53.9 Å². The zero-order valence-corrected chi connectivity index (χ0v) is 14.7. The molecule has 3 rings (SSSR count). The number of thiazole rings is 1. The Morgan fingerprint density at radius 1 is 1.12 bits per heavy atom. The van der Waals surface area contributed by atoms with Gasteiger partial charge in [-0.1, -0.05) is 30.3 Å². The summed E-state index contributed by atoms with van der Waals surface area (Å²) in [6, 6.07) is 17.6. The van der Waals surface area contributed by atoms with E-state index in [0.29, 0.717) is 22.1 Å². The number of nitrogens with zero attached hydrogens (tertiary/aromatic N) is 2. The van der Waals surface area contributed by atoms with E-state index in [9.17, 15) is 5.26 Å². The molecule has 0 aliphatic heterocycles. The Hall–Kier alpha value is -3.10. The third kappa shape index (κ3) is 3.70. The van der Waals surface area contributed by atoms with E-state index in [0.717, 1.165) is 16.8 Å². The number of nitriles is 1. The molecule has 0 aliphatic carbocycles. The van der Waals surface area contributed by atoms with Gasteiger partial charge in [-0.15, -0.1) is 11.3 Å². The van der Waals surface area contributed by atoms with Crippen molar-refractivity contribution in [2.75, 3.05) is 14.2 Å². The van der Waals surface area contributed by atoms with Gasteiger partial charge in [0.15, 0.2) is 0 Å². The monoisotopic (exact) mass is 348 g/mol. The Bertz CT molecular complexity index is 940. The largest absolute Gasteiger partial charge is 0.497 e. The summed E-state index contributed by atoms with van der Waals surface area (Å²) in [5, 5.41) is 12.2. The first kappa shape index (κ1) is 16.7. The number of ether oxygens (including phenoxy) is 2. The normalized spacial score (nSPS) is 11.0. The van der Waals surface area contributed by atoms with Crippen LogP contribution in [-0.2, 0) is 0 Å². The molecule has 0 saturated carbocycles. The van der Waals surface area contributed by atoms with Crippen LogP contribution in [0.2, 0.25) is 0 Å². The Balaban J connectivity index is 2.00. The minimum absolute atomic E-state index is 0.485. The van der Waals surface area contributed by atoms with Gasteiger partial charge in [-0.2, -0.15) is 5.26 Å². The number of benzene rings is 2. The lowest BCUT2D eigenvalue weighted by atomic mass is 10.1. The fraction of sp³-hybridized carbons (Fsp3) is 0.100. The van der Waals surface area contributed by atoms with Crippen LogP contribution in [0.25, 0.3) is 22.9 Å². The van der Waals surface area contributed by atoms with Crippen molar-refractivity contribution in [2.45, 2.75) is 0 Å². The highest BCUT2D eigenvalue weighted by atomic mass is 32.1. The first-order valence-corrected chi connectivity index (χ1v) is 8.48. The first-order chi connectivity index (χ1) is 12.2. The van der Waals surface area contributed by atoms with Crippen LogP contribution in [0.3, 0.4) is 0 Å². The number of methoxy groups -OCH3 is 2. The van der Waals surface area contributed by atoms with E-state index in [1.807, 2.05) is 53.9 Å². The fourth-order valence-corrected chi connectivity index (χ4v) is 3.18. The lowest BCUT2D eigenvalue weighted by Gasteiger charge is -2.07. The van der Waals surface area contributed by atoms with E-state index in [4.69, 9.17) is 9.47 Å². The molecule has 1 aromatic heterocycles. The number of aromatic nitrogens is 1. The van der Waals surface area contributed by atoms with Crippen LogP contribution in [0.4, 0.5) is 0 Å². The molecule has 0 unspecified atom stereocenters. The summed E-state index contributed by atoms with van der Waals surface area (Å²) in [7, 11) is 3.20. The van der Waals surface area contributed by atoms with Gasteiger partial charge in [-0.3, -0.25) is 0 Å². The Labute approximate surface area is 150 Å². The lowest BCUT2D eigenvalue weighted by molar-refractivity contribution is 0.402. The van der Waals surface area contributed by atoms with Gasteiger partial charge in [-0.05, 0) is 24.3 Å². The highest BCUT2D eigenvalue weighted by Crippen LogP contribution is 2.31. The molecule has 0 atom stereocenters. The van der Waals surface area contributed by atoms with Gasteiger partial charge in [0, 0.05) is 16.5 Å². The average molecular weight is 348 g/mol. The smallest absolute Gasteiger partial charge is 0.134 e. The van der Waals surface area contributed by atoms with Gasteiger partial charge in [0.05, 0.1) is 25.5 Å². The van der Waals surface area contributed by atoms with E-state index in [1.54, 1.807) is 20.3 Å². The summed E-state index contributed by atoms with van der Waals surface area (Å²) in [5.74, 6) is 1.38. The topological polar surface area (TPSA) is 55.1 Å². The Kier molecular flexibility index (Phi) is 5.12. The van der Waals surface area contributed by atoms with Crippen molar-refractivity contribution in [2.24, 2.45) is 0 Å². The maximum Gasteiger partial charge on any atom is 0.134 e. The van der Waals surface area contributed by atoms with Crippen LogP contribution in [0.5, 0.6) is 11.5 Å². The maximum absolute atomic E-state index is 9.59. The molecule has 5 heteroatoms. The van der Waals surface area contributed by atoms with Crippen molar-refractivity contribution in [1.29, 1.82) is 5.26 Å². The second-order valence-electron chi connectivity index (χ2n) is 5.18. The summed E-state index contributed by atoms with van der Waals surface area (Å²) in [4.78, 5) is 4.60. The molecular formula is C20H16N2O2S. The minimum atomic E-state index is 0.485. The second kappa shape index (κ2) is 7.65. The fourth-order valence-electron chi connectivity index (χ4n) is 2.39. The molecule has 124 valence electrons. The van der Waals surface area contributed by atoms with Crippen LogP contribution < -0.4 is 9.47 Å². The Morgan fingerprint density at radius 3 is 2.60 bits per heavy atom. The SMILES string of the molecule is COc1ccc(OC)c(C=C(C#N)c2nc(-c3ccccc3)cs2)c1. The lowest BCUT2D eigenvalue weighted by Crippen LogP contribution is -1.90. The van der Waals surface area contributed by atoms with E-state index in [-0.39, 0.29) is 0 Å². The van der Waals surface area contributed by atoms with Crippen molar-refractivity contribution in [3.8, 4) is 28.8 Å². The molecule has 0 saturated heterocycles. The van der Waals surface area contributed by atoms with E-state index in [2.05, 4.69) is 11.1 Å². The van der Waals surface area contributed by atoms with Crippen molar-refractivity contribution in [3.63, 3.8) is 0 Å². The van der Waals surface area contributed by atoms with Gasteiger partial charge >= 0.3 is 0 Å². The van der Waals surface area contributed by atoms with Gasteiger partial charge in [0.2, 0.25) is 0 Å². The van der Waals surface area contributed by atoms with Crippen LogP contribution in [0.1, 0.15) is 10.6 Å². The molecule has 0 spiro atoms. The summed E-state index contributed by atoms with van der Waals surface area (Å²) >= 11 is 1.45. The molecule has 0 N–H and O–H groups in total. The van der Waals surface area contributed by atoms with Crippen molar-refractivity contribution in [3.05, 3.63) is 64.5 Å². The zero-order valence-electron chi connectivity index (χ0n) is 13.9. The predicted octanol–water partition coefficient (Wildman–Crippen LogP) is 4.89. The van der Waals surface area contributed by atoms with E-state index in [1.165, 1.54) is 11.3 Å². The second-order valence-corrected chi connectivity index (χ2v) is 6.04. The maximum atomic E-state index is 9.59. The van der Waals surface area contributed by atoms with Gasteiger partial charge in [0.1, 0.15) is 22.6 Å². The van der Waals surface area contributed by atoms with E-state index < -0.39 is 0 Å². The molecular weight excluding hydrogens is 332 g/mol. The number of rotatable bonds is 5. The predicted molar refractivity (Wildman–Crippen MR) is 101 cm³/mol. The minimum Gasteiger partial charge on any atom is -0.497 e. The summed E-state index contributed by atoms with van der Waals surface area (Å²) in [5.41, 5.74) is 3.15. The Morgan fingerprint density at radius 2 is 1.92 bits per heavy atom. The molecule has 0 fully saturated rings. The summed E-state index contributed by atoms with van der Waals surface area (Å²) < 4.78 is 10.6. The molecule has 0 radical (unpaired) electrons. The molecule has 1 heterocycles. The van der Waals surface area contributed by atoms with E-state index >= 15 is 0 Å². The zero-order chi connectivity index (χ0) is 17.6. The van der Waals surface area contributed by atoms with Gasteiger partial charge in [-0.25, -0.2) is 4.98 Å². The molecule has 3 aromatic rings. The third-order valence-corrected chi connectivity index (χ3v) is 4.54. The molecule has 0 amide bonds. The number of allylic oxidation sites excluding steroid dienone is 1. The van der Waals surface area contributed by atoms with Crippen molar-refractivity contribution >= 4 is 23.0 Å². The van der Waals surface area contributed by atoms with Crippen molar-refractivity contribution < 1.29 is 9.47 Å². The molecule has 25 heavy (non-hydrogen) atoms. The first-order valence-electron chi connectivity index (χ1n) is 7.60. The third-order valence-electron chi connectivity index (χ3n) is 3.66.